The Morgan fingerprint density at radius 1 is 1.38 bits per heavy atom. The highest BCUT2D eigenvalue weighted by Crippen LogP contribution is 2.13. The Bertz CT molecular complexity index is 731. The lowest BCUT2D eigenvalue weighted by Gasteiger charge is -2.14. The minimum atomic E-state index is -0.399. The normalized spacial score (nSPS) is 13.8. The fourth-order valence-electron chi connectivity index (χ4n) is 2.50. The first-order valence-corrected chi connectivity index (χ1v) is 7.04. The Kier molecular flexibility index (Phi) is 3.55. The summed E-state index contributed by atoms with van der Waals surface area (Å²) in [7, 11) is 0. The molecule has 1 aliphatic rings. The van der Waals surface area contributed by atoms with E-state index in [9.17, 15) is 9.59 Å². The van der Waals surface area contributed by atoms with Crippen LogP contribution in [0.4, 0.5) is 0 Å². The molecular formula is C14H17N5O2. The first-order chi connectivity index (χ1) is 10.1. The van der Waals surface area contributed by atoms with E-state index < -0.39 is 5.91 Å². The van der Waals surface area contributed by atoms with Crippen LogP contribution < -0.4 is 10.9 Å². The number of amides is 1. The van der Waals surface area contributed by atoms with Gasteiger partial charge in [0.25, 0.3) is 11.5 Å². The second kappa shape index (κ2) is 5.51. The zero-order chi connectivity index (χ0) is 14.8. The number of aromatic nitrogens is 4. The van der Waals surface area contributed by atoms with Crippen LogP contribution in [-0.4, -0.2) is 25.7 Å². The van der Waals surface area contributed by atoms with Gasteiger partial charge >= 0.3 is 0 Å². The minimum absolute atomic E-state index is 0.110. The van der Waals surface area contributed by atoms with Gasteiger partial charge < -0.3 is 14.9 Å². The summed E-state index contributed by atoms with van der Waals surface area (Å²) in [6.07, 6.45) is 3.16. The molecule has 0 fully saturated rings. The van der Waals surface area contributed by atoms with Crippen LogP contribution in [0, 0.1) is 6.92 Å². The SMILES string of the molecule is Cc1ccc(C(=O)NCc2nnc3n2CCCC3)c(=O)[nH]1. The molecule has 2 N–H and O–H groups in total. The highest BCUT2D eigenvalue weighted by Gasteiger charge is 2.17. The molecule has 2 aromatic heterocycles. The maximum Gasteiger partial charge on any atom is 0.260 e. The van der Waals surface area contributed by atoms with Gasteiger partial charge in [0.2, 0.25) is 0 Å². The summed E-state index contributed by atoms with van der Waals surface area (Å²) >= 11 is 0. The first kappa shape index (κ1) is 13.5. The molecule has 3 rings (SSSR count). The fourth-order valence-corrected chi connectivity index (χ4v) is 2.50. The van der Waals surface area contributed by atoms with E-state index in [-0.39, 0.29) is 17.7 Å². The second-order valence-electron chi connectivity index (χ2n) is 5.21. The summed E-state index contributed by atoms with van der Waals surface area (Å²) in [5.74, 6) is 1.31. The molecule has 7 nitrogen and oxygen atoms in total. The van der Waals surface area contributed by atoms with Gasteiger partial charge in [-0.05, 0) is 31.9 Å². The van der Waals surface area contributed by atoms with E-state index in [1.165, 1.54) is 6.07 Å². The summed E-state index contributed by atoms with van der Waals surface area (Å²) in [6.45, 7) is 2.93. The predicted molar refractivity (Wildman–Crippen MR) is 75.9 cm³/mol. The number of carbonyl (C=O) groups excluding carboxylic acids is 1. The average molecular weight is 287 g/mol. The van der Waals surface area contributed by atoms with E-state index in [4.69, 9.17) is 0 Å². The van der Waals surface area contributed by atoms with E-state index >= 15 is 0 Å². The number of nitrogens with one attached hydrogen (secondary N) is 2. The summed E-state index contributed by atoms with van der Waals surface area (Å²) < 4.78 is 2.04. The summed E-state index contributed by atoms with van der Waals surface area (Å²) in [5, 5.41) is 11.0. The van der Waals surface area contributed by atoms with Crippen LogP contribution in [0.3, 0.4) is 0 Å². The maximum absolute atomic E-state index is 12.1. The van der Waals surface area contributed by atoms with Crippen molar-refractivity contribution >= 4 is 5.91 Å². The van der Waals surface area contributed by atoms with E-state index in [0.717, 1.165) is 43.1 Å². The number of nitrogens with zero attached hydrogens (tertiary/aromatic N) is 3. The van der Waals surface area contributed by atoms with Gasteiger partial charge in [-0.25, -0.2) is 0 Å². The lowest BCUT2D eigenvalue weighted by molar-refractivity contribution is 0.0948. The van der Waals surface area contributed by atoms with Gasteiger partial charge in [-0.2, -0.15) is 0 Å². The number of aromatic amines is 1. The number of pyridine rings is 1. The third-order valence-electron chi connectivity index (χ3n) is 3.64. The molecule has 0 atom stereocenters. The van der Waals surface area contributed by atoms with Gasteiger partial charge in [0, 0.05) is 18.7 Å². The Hall–Kier alpha value is -2.44. The molecule has 2 aromatic rings. The standard InChI is InChI=1S/C14H17N5O2/c1-9-5-6-10(14(21)16-9)13(20)15-8-12-18-17-11-4-2-3-7-19(11)12/h5-6H,2-4,7-8H2,1H3,(H,15,20)(H,16,21). The van der Waals surface area contributed by atoms with Crippen LogP contribution in [0.15, 0.2) is 16.9 Å². The summed E-state index contributed by atoms with van der Waals surface area (Å²) in [6, 6.07) is 3.23. The predicted octanol–water partition coefficient (Wildman–Crippen LogP) is 0.541. The average Bonchev–Trinajstić information content (AvgIpc) is 2.88. The zero-order valence-corrected chi connectivity index (χ0v) is 11.8. The van der Waals surface area contributed by atoms with Crippen LogP contribution in [0.25, 0.3) is 0 Å². The maximum atomic E-state index is 12.1. The molecule has 1 aliphatic heterocycles. The number of H-pyrrole nitrogens is 1. The van der Waals surface area contributed by atoms with Crippen LogP contribution in [0.2, 0.25) is 0 Å². The highest BCUT2D eigenvalue weighted by molar-refractivity contribution is 5.93. The molecule has 110 valence electrons. The Morgan fingerprint density at radius 3 is 3.05 bits per heavy atom. The van der Waals surface area contributed by atoms with Gasteiger partial charge in [0.15, 0.2) is 5.82 Å². The van der Waals surface area contributed by atoms with Crippen LogP contribution in [0.5, 0.6) is 0 Å². The molecule has 7 heteroatoms. The summed E-state index contributed by atoms with van der Waals surface area (Å²) in [5.41, 5.74) is 0.456. The fraction of sp³-hybridized carbons (Fsp3) is 0.429. The lowest BCUT2D eigenvalue weighted by atomic mass is 10.1. The quantitative estimate of drug-likeness (QED) is 0.861. The van der Waals surface area contributed by atoms with Crippen molar-refractivity contribution in [1.29, 1.82) is 0 Å². The van der Waals surface area contributed by atoms with Crippen molar-refractivity contribution in [3.05, 3.63) is 45.4 Å². The number of hydrogen-bond donors (Lipinski definition) is 2. The molecule has 1 amide bonds. The van der Waals surface area contributed by atoms with Crippen molar-refractivity contribution in [2.75, 3.05) is 0 Å². The number of hydrogen-bond acceptors (Lipinski definition) is 4. The molecule has 3 heterocycles. The van der Waals surface area contributed by atoms with E-state index in [0.29, 0.717) is 0 Å². The molecule has 0 bridgehead atoms. The van der Waals surface area contributed by atoms with Crippen molar-refractivity contribution in [1.82, 2.24) is 25.1 Å². The molecule has 0 radical (unpaired) electrons. The molecular weight excluding hydrogens is 270 g/mol. The van der Waals surface area contributed by atoms with E-state index in [1.54, 1.807) is 13.0 Å². The molecule has 21 heavy (non-hydrogen) atoms. The van der Waals surface area contributed by atoms with Gasteiger partial charge in [-0.1, -0.05) is 0 Å². The number of rotatable bonds is 3. The first-order valence-electron chi connectivity index (χ1n) is 7.04. The molecule has 0 unspecified atom stereocenters. The van der Waals surface area contributed by atoms with Gasteiger partial charge in [-0.3, -0.25) is 9.59 Å². The van der Waals surface area contributed by atoms with Crippen LogP contribution in [-0.2, 0) is 19.5 Å². The van der Waals surface area contributed by atoms with Crippen molar-refractivity contribution in [2.24, 2.45) is 0 Å². The second-order valence-corrected chi connectivity index (χ2v) is 5.21. The monoisotopic (exact) mass is 287 g/mol. The number of fused-ring (bicyclic) bond motifs is 1. The van der Waals surface area contributed by atoms with Crippen molar-refractivity contribution in [2.45, 2.75) is 39.3 Å². The topological polar surface area (TPSA) is 92.7 Å². The zero-order valence-electron chi connectivity index (χ0n) is 11.8. The Morgan fingerprint density at radius 2 is 2.24 bits per heavy atom. The smallest absolute Gasteiger partial charge is 0.260 e. The van der Waals surface area contributed by atoms with E-state index in [1.807, 2.05) is 4.57 Å². The lowest BCUT2D eigenvalue weighted by Crippen LogP contribution is -2.30. The molecule has 0 spiro atoms. The van der Waals surface area contributed by atoms with Gasteiger partial charge in [0.05, 0.1) is 6.54 Å². The highest BCUT2D eigenvalue weighted by atomic mass is 16.2. The van der Waals surface area contributed by atoms with Crippen LogP contribution >= 0.6 is 0 Å². The molecule has 0 saturated heterocycles. The third kappa shape index (κ3) is 2.72. The van der Waals surface area contributed by atoms with Crippen molar-refractivity contribution < 1.29 is 4.79 Å². The Balaban J connectivity index is 1.71. The molecule has 0 saturated carbocycles. The Labute approximate surface area is 121 Å². The minimum Gasteiger partial charge on any atom is -0.345 e. The largest absolute Gasteiger partial charge is 0.345 e. The number of aryl methyl sites for hydroxylation is 2. The molecule has 0 aliphatic carbocycles. The van der Waals surface area contributed by atoms with Gasteiger partial charge in [0.1, 0.15) is 11.4 Å². The summed E-state index contributed by atoms with van der Waals surface area (Å²) in [4.78, 5) is 26.4. The van der Waals surface area contributed by atoms with E-state index in [2.05, 4.69) is 20.5 Å². The molecule has 0 aromatic carbocycles. The van der Waals surface area contributed by atoms with Crippen LogP contribution in [0.1, 0.15) is 40.5 Å². The third-order valence-corrected chi connectivity index (χ3v) is 3.64. The van der Waals surface area contributed by atoms with Crippen molar-refractivity contribution in [3.8, 4) is 0 Å². The van der Waals surface area contributed by atoms with Crippen molar-refractivity contribution in [3.63, 3.8) is 0 Å². The number of carbonyl (C=O) groups is 1. The van der Waals surface area contributed by atoms with Gasteiger partial charge in [-0.15, -0.1) is 10.2 Å².